The fourth-order valence-corrected chi connectivity index (χ4v) is 4.14. The van der Waals surface area contributed by atoms with Gasteiger partial charge in [0.25, 0.3) is 0 Å². The van der Waals surface area contributed by atoms with E-state index in [1.54, 1.807) is 6.07 Å². The molecular formula is C23H26N4O4S. The summed E-state index contributed by atoms with van der Waals surface area (Å²) in [5.41, 5.74) is 0.669. The van der Waals surface area contributed by atoms with E-state index in [1.165, 1.54) is 11.8 Å². The molecule has 3 aromatic rings. The highest BCUT2D eigenvalue weighted by Crippen LogP contribution is 2.32. The van der Waals surface area contributed by atoms with Gasteiger partial charge in [-0.3, -0.25) is 4.79 Å². The molecule has 1 aliphatic heterocycles. The van der Waals surface area contributed by atoms with Crippen molar-refractivity contribution in [1.82, 2.24) is 14.8 Å². The summed E-state index contributed by atoms with van der Waals surface area (Å²) in [6.07, 6.45) is 0.567. The number of anilines is 1. The van der Waals surface area contributed by atoms with E-state index in [0.717, 1.165) is 18.0 Å². The highest BCUT2D eigenvalue weighted by molar-refractivity contribution is 7.99. The zero-order chi connectivity index (χ0) is 22.3. The average molecular weight is 455 g/mol. The molecule has 1 N–H and O–H groups in total. The lowest BCUT2D eigenvalue weighted by Crippen LogP contribution is -2.15. The van der Waals surface area contributed by atoms with Crippen molar-refractivity contribution in [3.05, 3.63) is 54.4 Å². The molecule has 32 heavy (non-hydrogen) atoms. The van der Waals surface area contributed by atoms with Crippen molar-refractivity contribution in [3.63, 3.8) is 0 Å². The summed E-state index contributed by atoms with van der Waals surface area (Å²) in [6, 6.07) is 15.0. The van der Waals surface area contributed by atoms with Gasteiger partial charge in [-0.1, -0.05) is 30.0 Å². The fourth-order valence-electron chi connectivity index (χ4n) is 3.33. The Hall–Kier alpha value is -3.20. The lowest BCUT2D eigenvalue weighted by Gasteiger charge is -2.15. The Morgan fingerprint density at radius 1 is 1.16 bits per heavy atom. The molecule has 0 spiro atoms. The maximum atomic E-state index is 12.5. The van der Waals surface area contributed by atoms with Gasteiger partial charge in [0.05, 0.1) is 19.0 Å². The van der Waals surface area contributed by atoms with Crippen LogP contribution in [-0.2, 0) is 11.3 Å². The Bertz CT molecular complexity index is 1060. The molecule has 4 rings (SSSR count). The topological polar surface area (TPSA) is 87.5 Å². The molecule has 0 bridgehead atoms. The molecule has 0 radical (unpaired) electrons. The van der Waals surface area contributed by atoms with Crippen molar-refractivity contribution >= 4 is 23.4 Å². The predicted molar refractivity (Wildman–Crippen MR) is 123 cm³/mol. The van der Waals surface area contributed by atoms with Crippen LogP contribution in [0.2, 0.25) is 0 Å². The molecule has 8 nitrogen and oxygen atoms in total. The van der Waals surface area contributed by atoms with E-state index >= 15 is 0 Å². The second kappa shape index (κ2) is 10.4. The van der Waals surface area contributed by atoms with E-state index in [1.807, 2.05) is 60.9 Å². The molecule has 9 heteroatoms. The number of carbonyl (C=O) groups is 1. The standard InChI is InChI=1S/C23H26N4O4S/c1-3-27-22(16(2)31-18-8-5-4-6-9-18)25-26-23(27)32-15-21(28)24-17-10-11-19-20(14-17)30-13-7-12-29-19/h4-6,8-11,14,16H,3,7,12-13,15H2,1-2H3,(H,24,28)/t16-/m1/s1. The Labute approximate surface area is 191 Å². The van der Waals surface area contributed by atoms with Crippen LogP contribution in [-0.4, -0.2) is 39.6 Å². The smallest absolute Gasteiger partial charge is 0.234 e. The molecule has 1 amide bonds. The van der Waals surface area contributed by atoms with Crippen LogP contribution < -0.4 is 19.5 Å². The number of benzene rings is 2. The van der Waals surface area contributed by atoms with Gasteiger partial charge in [-0.25, -0.2) is 0 Å². The Kier molecular flexibility index (Phi) is 7.16. The first kappa shape index (κ1) is 22.0. The van der Waals surface area contributed by atoms with Crippen LogP contribution in [0.15, 0.2) is 53.7 Å². The van der Waals surface area contributed by atoms with Gasteiger partial charge in [0.1, 0.15) is 5.75 Å². The Balaban J connectivity index is 1.36. The van der Waals surface area contributed by atoms with Gasteiger partial charge in [-0.2, -0.15) is 0 Å². The number of aromatic nitrogens is 3. The summed E-state index contributed by atoms with van der Waals surface area (Å²) in [5, 5.41) is 12.2. The van der Waals surface area contributed by atoms with Crippen molar-refractivity contribution in [2.24, 2.45) is 0 Å². The predicted octanol–water partition coefficient (Wildman–Crippen LogP) is 4.33. The number of amides is 1. The zero-order valence-corrected chi connectivity index (χ0v) is 18.9. The van der Waals surface area contributed by atoms with E-state index in [4.69, 9.17) is 14.2 Å². The molecule has 1 aromatic heterocycles. The average Bonchev–Trinajstić information content (AvgIpc) is 3.08. The molecule has 0 saturated carbocycles. The van der Waals surface area contributed by atoms with E-state index < -0.39 is 0 Å². The van der Waals surface area contributed by atoms with Crippen molar-refractivity contribution < 1.29 is 19.0 Å². The van der Waals surface area contributed by atoms with E-state index in [-0.39, 0.29) is 17.8 Å². The third-order valence-corrected chi connectivity index (χ3v) is 5.81. The molecule has 0 unspecified atom stereocenters. The fraction of sp³-hybridized carbons (Fsp3) is 0.348. The van der Waals surface area contributed by atoms with Gasteiger partial charge in [-0.05, 0) is 38.1 Å². The number of rotatable bonds is 8. The van der Waals surface area contributed by atoms with Crippen molar-refractivity contribution in [3.8, 4) is 17.2 Å². The SMILES string of the molecule is CCn1c(SCC(=O)Nc2ccc3c(c2)OCCCO3)nnc1[C@@H](C)Oc1ccccc1. The summed E-state index contributed by atoms with van der Waals surface area (Å²) < 4.78 is 19.3. The molecule has 1 aliphatic rings. The minimum atomic E-state index is -0.269. The normalized spacial score (nSPS) is 13.8. The third-order valence-electron chi connectivity index (χ3n) is 4.84. The first-order valence-electron chi connectivity index (χ1n) is 10.6. The number of para-hydroxylation sites is 1. The summed E-state index contributed by atoms with van der Waals surface area (Å²) in [7, 11) is 0. The Morgan fingerprint density at radius 3 is 2.72 bits per heavy atom. The van der Waals surface area contributed by atoms with Crippen LogP contribution in [0.3, 0.4) is 0 Å². The maximum absolute atomic E-state index is 12.5. The van der Waals surface area contributed by atoms with Crippen LogP contribution >= 0.6 is 11.8 Å². The molecule has 2 heterocycles. The van der Waals surface area contributed by atoms with Gasteiger partial charge in [-0.15, -0.1) is 10.2 Å². The number of carbonyl (C=O) groups excluding carboxylic acids is 1. The summed E-state index contributed by atoms with van der Waals surface area (Å²) >= 11 is 1.34. The molecule has 168 valence electrons. The molecule has 2 aromatic carbocycles. The molecular weight excluding hydrogens is 428 g/mol. The van der Waals surface area contributed by atoms with E-state index in [2.05, 4.69) is 15.5 Å². The van der Waals surface area contributed by atoms with Crippen LogP contribution in [0, 0.1) is 0 Å². The van der Waals surface area contributed by atoms with Crippen molar-refractivity contribution in [2.45, 2.75) is 38.1 Å². The first-order valence-corrected chi connectivity index (χ1v) is 11.6. The second-order valence-corrected chi connectivity index (χ2v) is 8.15. The van der Waals surface area contributed by atoms with Gasteiger partial charge in [0.2, 0.25) is 5.91 Å². The minimum Gasteiger partial charge on any atom is -0.490 e. The second-order valence-electron chi connectivity index (χ2n) is 7.21. The number of hydrogen-bond donors (Lipinski definition) is 1. The highest BCUT2D eigenvalue weighted by atomic mass is 32.2. The minimum absolute atomic E-state index is 0.134. The Morgan fingerprint density at radius 2 is 1.94 bits per heavy atom. The summed E-state index contributed by atoms with van der Waals surface area (Å²) in [6.45, 7) is 5.86. The van der Waals surface area contributed by atoms with Gasteiger partial charge in [0, 0.05) is 24.7 Å². The third kappa shape index (κ3) is 5.34. The number of fused-ring (bicyclic) bond motifs is 1. The molecule has 0 aliphatic carbocycles. The number of thioether (sulfide) groups is 1. The zero-order valence-electron chi connectivity index (χ0n) is 18.1. The highest BCUT2D eigenvalue weighted by Gasteiger charge is 2.20. The summed E-state index contributed by atoms with van der Waals surface area (Å²) in [4.78, 5) is 12.5. The number of nitrogens with zero attached hydrogens (tertiary/aromatic N) is 3. The van der Waals surface area contributed by atoms with Crippen LogP contribution in [0.1, 0.15) is 32.2 Å². The van der Waals surface area contributed by atoms with Crippen molar-refractivity contribution in [2.75, 3.05) is 24.3 Å². The largest absolute Gasteiger partial charge is 0.490 e. The maximum Gasteiger partial charge on any atom is 0.234 e. The van der Waals surface area contributed by atoms with Gasteiger partial charge >= 0.3 is 0 Å². The molecule has 0 fully saturated rings. The lowest BCUT2D eigenvalue weighted by molar-refractivity contribution is -0.113. The first-order chi connectivity index (χ1) is 15.6. The van der Waals surface area contributed by atoms with Crippen molar-refractivity contribution in [1.29, 1.82) is 0 Å². The molecule has 0 saturated heterocycles. The molecule has 1 atom stereocenters. The van der Waals surface area contributed by atoms with Gasteiger partial charge in [0.15, 0.2) is 28.6 Å². The monoisotopic (exact) mass is 454 g/mol. The lowest BCUT2D eigenvalue weighted by atomic mass is 10.2. The van der Waals surface area contributed by atoms with Gasteiger partial charge < -0.3 is 24.1 Å². The van der Waals surface area contributed by atoms with E-state index in [9.17, 15) is 4.79 Å². The summed E-state index contributed by atoms with van der Waals surface area (Å²) in [5.74, 6) is 2.92. The van der Waals surface area contributed by atoms with E-state index in [0.29, 0.717) is 42.1 Å². The number of nitrogens with one attached hydrogen (secondary N) is 1. The van der Waals surface area contributed by atoms with Crippen LogP contribution in [0.25, 0.3) is 0 Å². The quantitative estimate of drug-likeness (QED) is 0.507. The van der Waals surface area contributed by atoms with Crippen LogP contribution in [0.4, 0.5) is 5.69 Å². The van der Waals surface area contributed by atoms with Crippen LogP contribution in [0.5, 0.6) is 17.2 Å². The number of hydrogen-bond acceptors (Lipinski definition) is 7. The number of ether oxygens (including phenoxy) is 3.